The van der Waals surface area contributed by atoms with Gasteiger partial charge in [0.25, 0.3) is 0 Å². The molecule has 0 bridgehead atoms. The first-order valence-corrected chi connectivity index (χ1v) is 4.21. The zero-order chi connectivity index (χ0) is 8.20. The molecule has 0 aromatic rings. The fraction of sp³-hybridized carbons (Fsp3) is 1.00. The fourth-order valence-corrected chi connectivity index (χ4v) is 1.20. The average Bonchev–Trinajstić information content (AvgIpc) is 1.59. The number of nitrogens with one attached hydrogen (secondary N) is 1. The molecular weight excluding hydrogens is 182 g/mol. The van der Waals surface area contributed by atoms with E-state index in [1.54, 1.807) is 4.72 Å². The molecule has 62 valence electrons. The monoisotopic (exact) mass is 189 g/mol. The summed E-state index contributed by atoms with van der Waals surface area (Å²) in [6.07, 6.45) is 0. The molecule has 5 nitrogen and oxygen atoms in total. The Balaban J connectivity index is 3.69. The van der Waals surface area contributed by atoms with Crippen molar-refractivity contribution in [3.63, 3.8) is 0 Å². The van der Waals surface area contributed by atoms with E-state index in [0.29, 0.717) is 0 Å². The number of rotatable bonds is 4. The van der Waals surface area contributed by atoms with E-state index in [2.05, 4.69) is 4.74 Å². The van der Waals surface area contributed by atoms with Crippen molar-refractivity contribution >= 4 is 21.9 Å². The van der Waals surface area contributed by atoms with E-state index in [4.69, 9.17) is 16.2 Å². The van der Waals surface area contributed by atoms with Crippen molar-refractivity contribution in [3.05, 3.63) is 0 Å². The Hall–Kier alpha value is 0.120. The molecule has 0 aliphatic heterocycles. The minimum absolute atomic E-state index is 0.00133. The molecule has 1 unspecified atom stereocenters. The Morgan fingerprint density at radius 1 is 1.80 bits per heavy atom. The van der Waals surface area contributed by atoms with Crippen molar-refractivity contribution in [2.75, 3.05) is 13.7 Å². The zero-order valence-corrected chi connectivity index (χ0v) is 6.82. The summed E-state index contributed by atoms with van der Waals surface area (Å²) in [5, 5.41) is 0. The van der Waals surface area contributed by atoms with Gasteiger partial charge in [-0.2, -0.15) is 13.1 Å². The summed E-state index contributed by atoms with van der Waals surface area (Å²) in [4.78, 5) is 0. The molecule has 0 aromatic heterocycles. The van der Waals surface area contributed by atoms with Gasteiger partial charge in [-0.1, -0.05) is 0 Å². The number of hydrogen-bond acceptors (Lipinski definition) is 3. The molecule has 0 heterocycles. The van der Waals surface area contributed by atoms with Crippen LogP contribution >= 0.6 is 11.6 Å². The van der Waals surface area contributed by atoms with Gasteiger partial charge in [0.1, 0.15) is 5.50 Å². The Morgan fingerprint density at radius 2 is 2.30 bits per heavy atom. The number of halogens is 1. The minimum atomic E-state index is -4.21. The largest absolute Gasteiger partial charge is 0.382 e. The molecule has 7 heteroatoms. The van der Waals surface area contributed by atoms with Crippen molar-refractivity contribution in [2.45, 2.75) is 5.50 Å². The predicted octanol–water partition coefficient (Wildman–Crippen LogP) is -0.410. The van der Waals surface area contributed by atoms with Crippen LogP contribution in [0.1, 0.15) is 0 Å². The van der Waals surface area contributed by atoms with Crippen LogP contribution in [0.4, 0.5) is 0 Å². The van der Waals surface area contributed by atoms with Gasteiger partial charge in [-0.05, 0) is 0 Å². The highest BCUT2D eigenvalue weighted by Gasteiger charge is 2.10. The van der Waals surface area contributed by atoms with Crippen molar-refractivity contribution in [2.24, 2.45) is 0 Å². The standard InChI is InChI=1S/C3H8ClNO4S/c1-9-2-3(4)5-10(6,7)8/h3,5H,2H2,1H3,(H,6,7,8). The van der Waals surface area contributed by atoms with Gasteiger partial charge in [0.15, 0.2) is 0 Å². The van der Waals surface area contributed by atoms with Gasteiger partial charge >= 0.3 is 10.3 Å². The molecule has 0 fully saturated rings. The van der Waals surface area contributed by atoms with Crippen LogP contribution in [0.2, 0.25) is 0 Å². The highest BCUT2D eigenvalue weighted by Crippen LogP contribution is 1.92. The predicted molar refractivity (Wildman–Crippen MR) is 36.2 cm³/mol. The summed E-state index contributed by atoms with van der Waals surface area (Å²) in [5.74, 6) is 0. The van der Waals surface area contributed by atoms with Crippen LogP contribution in [0.3, 0.4) is 0 Å². The highest BCUT2D eigenvalue weighted by molar-refractivity contribution is 7.83. The smallest absolute Gasteiger partial charge is 0.334 e. The summed E-state index contributed by atoms with van der Waals surface area (Å²) in [7, 11) is -2.85. The summed E-state index contributed by atoms with van der Waals surface area (Å²) in [5.41, 5.74) is -0.931. The van der Waals surface area contributed by atoms with Gasteiger partial charge < -0.3 is 4.74 Å². The average molecular weight is 190 g/mol. The summed E-state index contributed by atoms with van der Waals surface area (Å²) in [6.45, 7) is 0.00133. The van der Waals surface area contributed by atoms with E-state index < -0.39 is 15.8 Å². The zero-order valence-electron chi connectivity index (χ0n) is 5.24. The molecule has 0 rings (SSSR count). The lowest BCUT2D eigenvalue weighted by Gasteiger charge is -2.06. The summed E-state index contributed by atoms with van der Waals surface area (Å²) >= 11 is 5.29. The van der Waals surface area contributed by atoms with Gasteiger partial charge in [-0.3, -0.25) is 4.55 Å². The molecule has 0 aliphatic carbocycles. The van der Waals surface area contributed by atoms with Crippen molar-refractivity contribution in [1.82, 2.24) is 4.72 Å². The molecule has 0 aliphatic rings. The summed E-state index contributed by atoms with van der Waals surface area (Å²) < 4.78 is 34.3. The van der Waals surface area contributed by atoms with Crippen LogP contribution in [-0.2, 0) is 15.0 Å². The first-order valence-electron chi connectivity index (χ1n) is 2.33. The minimum Gasteiger partial charge on any atom is -0.382 e. The van der Waals surface area contributed by atoms with Gasteiger partial charge in [-0.25, -0.2) is 0 Å². The molecule has 0 spiro atoms. The lowest BCUT2D eigenvalue weighted by atomic mass is 10.7. The van der Waals surface area contributed by atoms with E-state index in [-0.39, 0.29) is 6.61 Å². The molecule has 10 heavy (non-hydrogen) atoms. The van der Waals surface area contributed by atoms with Crippen molar-refractivity contribution in [1.29, 1.82) is 0 Å². The lowest BCUT2D eigenvalue weighted by Crippen LogP contribution is -2.33. The first-order chi connectivity index (χ1) is 4.45. The molecule has 0 amide bonds. The van der Waals surface area contributed by atoms with Crippen LogP contribution in [0.15, 0.2) is 0 Å². The van der Waals surface area contributed by atoms with Crippen molar-refractivity contribution < 1.29 is 17.7 Å². The number of methoxy groups -OCH3 is 1. The highest BCUT2D eigenvalue weighted by atomic mass is 35.5. The van der Waals surface area contributed by atoms with Crippen molar-refractivity contribution in [3.8, 4) is 0 Å². The van der Waals surface area contributed by atoms with Crippen LogP contribution in [0.25, 0.3) is 0 Å². The maximum Gasteiger partial charge on any atom is 0.334 e. The third-order valence-electron chi connectivity index (χ3n) is 0.590. The lowest BCUT2D eigenvalue weighted by molar-refractivity contribution is 0.194. The molecule has 0 saturated heterocycles. The topological polar surface area (TPSA) is 75.6 Å². The molecule has 0 aromatic carbocycles. The van der Waals surface area contributed by atoms with Crippen LogP contribution in [0, 0.1) is 0 Å². The Kier molecular flexibility index (Phi) is 4.14. The number of alkyl halides is 1. The van der Waals surface area contributed by atoms with E-state index in [1.807, 2.05) is 0 Å². The van der Waals surface area contributed by atoms with Crippen LogP contribution < -0.4 is 4.72 Å². The number of ether oxygens (including phenoxy) is 1. The van der Waals surface area contributed by atoms with E-state index in [1.165, 1.54) is 7.11 Å². The molecule has 0 saturated carbocycles. The van der Waals surface area contributed by atoms with Crippen LogP contribution in [-0.4, -0.2) is 32.2 Å². The second kappa shape index (κ2) is 4.09. The van der Waals surface area contributed by atoms with Crippen LogP contribution in [0.5, 0.6) is 0 Å². The molecular formula is C3H8ClNO4S. The molecule has 2 N–H and O–H groups in total. The molecule has 1 atom stereocenters. The normalized spacial score (nSPS) is 15.1. The number of hydrogen-bond donors (Lipinski definition) is 2. The maximum atomic E-state index is 10.0. The van der Waals surface area contributed by atoms with Gasteiger partial charge in [-0.15, -0.1) is 11.6 Å². The molecule has 0 radical (unpaired) electrons. The van der Waals surface area contributed by atoms with E-state index >= 15 is 0 Å². The third kappa shape index (κ3) is 6.24. The Labute approximate surface area is 64.2 Å². The van der Waals surface area contributed by atoms with Gasteiger partial charge in [0.2, 0.25) is 0 Å². The fourth-order valence-electron chi connectivity index (χ4n) is 0.342. The van der Waals surface area contributed by atoms with Gasteiger partial charge in [0, 0.05) is 7.11 Å². The second-order valence-corrected chi connectivity index (χ2v) is 3.23. The first kappa shape index (κ1) is 10.1. The Bertz CT molecular complexity index is 179. The summed E-state index contributed by atoms with van der Waals surface area (Å²) in [6, 6.07) is 0. The van der Waals surface area contributed by atoms with Gasteiger partial charge in [0.05, 0.1) is 6.61 Å². The van der Waals surface area contributed by atoms with E-state index in [0.717, 1.165) is 0 Å². The maximum absolute atomic E-state index is 10.0. The third-order valence-corrected chi connectivity index (χ3v) is 1.54. The quantitative estimate of drug-likeness (QED) is 0.358. The van der Waals surface area contributed by atoms with E-state index in [9.17, 15) is 8.42 Å². The SMILES string of the molecule is COCC(Cl)NS(=O)(=O)O. The Morgan fingerprint density at radius 3 is 2.60 bits per heavy atom. The second-order valence-electron chi connectivity index (χ2n) is 1.52.